The van der Waals surface area contributed by atoms with Crippen molar-refractivity contribution in [3.05, 3.63) is 10.4 Å². The number of hydrogen-bond acceptors (Lipinski definition) is 3. The molecule has 0 spiro atoms. The highest BCUT2D eigenvalue weighted by Crippen LogP contribution is 1.60. The summed E-state index contributed by atoms with van der Waals surface area (Å²) in [6.07, 6.45) is 0.715. The maximum atomic E-state index is 9.19. The minimum Gasteiger partial charge on any atom is -0.286 e. The Labute approximate surface area is 46.3 Å². The Balaban J connectivity index is 0. The standard InChI is InChI=1S/CH4O3S.HN3/c1-5(2,3)4;1-3-2/h1H3,(H,2,3,4);1H. The molecule has 7 heteroatoms. The van der Waals surface area contributed by atoms with Crippen LogP contribution in [0.1, 0.15) is 0 Å². The molecule has 0 atom stereocenters. The third kappa shape index (κ3) is 153. The highest BCUT2D eigenvalue weighted by Gasteiger charge is 1.81. The van der Waals surface area contributed by atoms with Crippen molar-refractivity contribution in [3.8, 4) is 0 Å². The van der Waals surface area contributed by atoms with Crippen LogP contribution >= 0.6 is 0 Å². The maximum absolute atomic E-state index is 9.19. The summed E-state index contributed by atoms with van der Waals surface area (Å²) >= 11 is 0. The van der Waals surface area contributed by atoms with E-state index in [9.17, 15) is 8.42 Å². The van der Waals surface area contributed by atoms with Crippen molar-refractivity contribution in [1.82, 2.24) is 0 Å². The van der Waals surface area contributed by atoms with Crippen molar-refractivity contribution in [1.29, 1.82) is 5.53 Å². The molecule has 48 valence electrons. The predicted molar refractivity (Wildman–Crippen MR) is 26.9 cm³/mol. The van der Waals surface area contributed by atoms with E-state index < -0.39 is 10.1 Å². The monoisotopic (exact) mass is 139 g/mol. The molecule has 6 nitrogen and oxygen atoms in total. The molecule has 0 aliphatic heterocycles. The van der Waals surface area contributed by atoms with Crippen molar-refractivity contribution in [2.24, 2.45) is 0 Å². The molecular weight excluding hydrogens is 134 g/mol. The van der Waals surface area contributed by atoms with Crippen LogP contribution in [-0.4, -0.2) is 19.2 Å². The second-order valence-electron chi connectivity index (χ2n) is 0.833. The zero-order valence-electron chi connectivity index (χ0n) is 4.07. The first kappa shape index (κ1) is 10.3. The lowest BCUT2D eigenvalue weighted by Gasteiger charge is -1.69. The summed E-state index contributed by atoms with van der Waals surface area (Å²) in [5.41, 5.74) is 12.2. The molecule has 0 aliphatic carbocycles. The van der Waals surface area contributed by atoms with Gasteiger partial charge in [0.05, 0.1) is 6.26 Å². The largest absolute Gasteiger partial charge is 0.286 e. The zero-order chi connectivity index (χ0) is 7.21. The molecule has 0 saturated heterocycles. The van der Waals surface area contributed by atoms with E-state index in [4.69, 9.17) is 15.6 Å². The van der Waals surface area contributed by atoms with Gasteiger partial charge in [-0.15, -0.1) is 5.53 Å². The fourth-order valence-corrected chi connectivity index (χ4v) is 0. The molecular formula is CH5N3O3S. The Morgan fingerprint density at radius 3 is 1.75 bits per heavy atom. The average molecular weight is 139 g/mol. The van der Waals surface area contributed by atoms with E-state index in [1.807, 2.05) is 0 Å². The summed E-state index contributed by atoms with van der Waals surface area (Å²) in [6, 6.07) is 0. The first-order chi connectivity index (χ1) is 3.41. The Bertz CT molecular complexity index is 155. The second-order valence-corrected chi connectivity index (χ2v) is 2.30. The summed E-state index contributed by atoms with van der Waals surface area (Å²) in [5.74, 6) is 0. The van der Waals surface area contributed by atoms with Gasteiger partial charge < -0.3 is 0 Å². The van der Waals surface area contributed by atoms with Crippen molar-refractivity contribution in [3.63, 3.8) is 0 Å². The molecule has 0 heterocycles. The first-order valence-corrected chi connectivity index (χ1v) is 3.20. The summed E-state index contributed by atoms with van der Waals surface area (Å²) in [6.45, 7) is 0. The van der Waals surface area contributed by atoms with Crippen molar-refractivity contribution >= 4 is 10.1 Å². The first-order valence-electron chi connectivity index (χ1n) is 1.35. The molecule has 0 radical (unpaired) electrons. The van der Waals surface area contributed by atoms with Gasteiger partial charge >= 0.3 is 0 Å². The van der Waals surface area contributed by atoms with Gasteiger partial charge in [0.25, 0.3) is 10.1 Å². The average Bonchev–Trinajstić information content (AvgIpc) is 1.27. The smallest absolute Gasteiger partial charge is 0.261 e. The predicted octanol–water partition coefficient (Wildman–Crippen LogP) is 0.379. The van der Waals surface area contributed by atoms with E-state index >= 15 is 0 Å². The quantitative estimate of drug-likeness (QED) is 0.219. The van der Waals surface area contributed by atoms with E-state index in [0.717, 1.165) is 0 Å². The van der Waals surface area contributed by atoms with Crippen molar-refractivity contribution < 1.29 is 13.0 Å². The lowest BCUT2D eigenvalue weighted by atomic mass is 12.0. The molecule has 8 heavy (non-hydrogen) atoms. The summed E-state index contributed by atoms with van der Waals surface area (Å²) in [5, 5.41) is 0. The van der Waals surface area contributed by atoms with Crippen LogP contribution in [-0.2, 0) is 10.1 Å². The second kappa shape index (κ2) is 4.38. The highest BCUT2D eigenvalue weighted by atomic mass is 32.2. The van der Waals surface area contributed by atoms with Gasteiger partial charge in [-0.2, -0.15) is 8.42 Å². The number of rotatable bonds is 0. The molecule has 2 N–H and O–H groups in total. The fraction of sp³-hybridized carbons (Fsp3) is 1.00. The Morgan fingerprint density at radius 2 is 1.75 bits per heavy atom. The zero-order valence-corrected chi connectivity index (χ0v) is 4.88. The molecule has 0 saturated carbocycles. The Hall–Kier alpha value is -0.780. The van der Waals surface area contributed by atoms with Gasteiger partial charge in [-0.1, -0.05) is 0 Å². The van der Waals surface area contributed by atoms with E-state index in [0.29, 0.717) is 6.26 Å². The Kier molecular flexibility index (Phi) is 5.61. The molecule has 0 aromatic rings. The van der Waals surface area contributed by atoms with Crippen LogP contribution in [0.2, 0.25) is 0 Å². The van der Waals surface area contributed by atoms with Crippen LogP contribution < -0.4 is 0 Å². The molecule has 0 aromatic heterocycles. The summed E-state index contributed by atoms with van der Waals surface area (Å²) in [4.78, 5) is 1.75. The molecule has 0 amide bonds. The van der Waals surface area contributed by atoms with Crippen LogP contribution in [0.25, 0.3) is 10.4 Å². The van der Waals surface area contributed by atoms with Crippen molar-refractivity contribution in [2.45, 2.75) is 0 Å². The van der Waals surface area contributed by atoms with Gasteiger partial charge in [0.1, 0.15) is 0 Å². The highest BCUT2D eigenvalue weighted by molar-refractivity contribution is 7.85. The molecule has 0 aromatic carbocycles. The number of nitrogens with zero attached hydrogens (tertiary/aromatic N) is 2. The third-order valence-electron chi connectivity index (χ3n) is 0. The van der Waals surface area contributed by atoms with E-state index in [-0.39, 0.29) is 0 Å². The number of hydrogen-bond donors (Lipinski definition) is 2. The van der Waals surface area contributed by atoms with E-state index in [2.05, 4.69) is 0 Å². The van der Waals surface area contributed by atoms with Gasteiger partial charge in [-0.05, 0) is 10.4 Å². The van der Waals surface area contributed by atoms with E-state index in [1.54, 1.807) is 4.91 Å². The van der Waals surface area contributed by atoms with Crippen LogP contribution in [0.4, 0.5) is 0 Å². The van der Waals surface area contributed by atoms with Gasteiger partial charge in [0.2, 0.25) is 0 Å². The third-order valence-corrected chi connectivity index (χ3v) is 0. The fourth-order valence-electron chi connectivity index (χ4n) is 0. The van der Waals surface area contributed by atoms with Gasteiger partial charge in [0, 0.05) is 0 Å². The topological polar surface area (TPSA) is 115 Å². The minimum absolute atomic E-state index is 0.715. The van der Waals surface area contributed by atoms with E-state index in [1.165, 1.54) is 0 Å². The van der Waals surface area contributed by atoms with Crippen LogP contribution in [0, 0.1) is 5.53 Å². The van der Waals surface area contributed by atoms with Crippen LogP contribution in [0.5, 0.6) is 0 Å². The summed E-state index contributed by atoms with van der Waals surface area (Å²) in [7, 11) is -3.67. The maximum Gasteiger partial charge on any atom is 0.261 e. The molecule has 0 aliphatic rings. The Morgan fingerprint density at radius 1 is 1.75 bits per heavy atom. The van der Waals surface area contributed by atoms with Crippen LogP contribution in [0.3, 0.4) is 0 Å². The van der Waals surface area contributed by atoms with Crippen LogP contribution in [0.15, 0.2) is 0 Å². The summed E-state index contributed by atoms with van der Waals surface area (Å²) < 4.78 is 25.9. The van der Waals surface area contributed by atoms with Gasteiger partial charge in [0.15, 0.2) is 0 Å². The number of nitrogens with one attached hydrogen (secondary N) is 1. The normalized spacial score (nSPS) is 8.25. The molecule has 0 rings (SSSR count). The van der Waals surface area contributed by atoms with Gasteiger partial charge in [-0.3, -0.25) is 4.55 Å². The molecule has 0 fully saturated rings. The molecule has 0 bridgehead atoms. The molecule has 0 unspecified atom stereocenters. The lowest BCUT2D eigenvalue weighted by molar-refractivity contribution is 0.490. The van der Waals surface area contributed by atoms with Crippen molar-refractivity contribution in [2.75, 3.05) is 6.26 Å². The SMILES string of the molecule is CS(=O)(=O)O.[N-]=[N+]=N. The lowest BCUT2D eigenvalue weighted by Crippen LogP contribution is -1.88. The minimum atomic E-state index is -3.67. The van der Waals surface area contributed by atoms with Gasteiger partial charge in [-0.25, -0.2) is 0 Å².